The lowest BCUT2D eigenvalue weighted by molar-refractivity contribution is -0.120. The SMILES string of the molecule is CC(C)CNC(=O)Cc1cc(-c2ccc3c(c2)CC(C)O3)on1. The molecule has 0 bridgehead atoms. The lowest BCUT2D eigenvalue weighted by Gasteiger charge is -2.05. The Morgan fingerprint density at radius 2 is 2.22 bits per heavy atom. The Morgan fingerprint density at radius 1 is 1.39 bits per heavy atom. The molecule has 1 aromatic carbocycles. The van der Waals surface area contributed by atoms with E-state index in [4.69, 9.17) is 9.26 Å². The molecule has 0 radical (unpaired) electrons. The largest absolute Gasteiger partial charge is 0.490 e. The van der Waals surface area contributed by atoms with Gasteiger partial charge in [-0.05, 0) is 36.6 Å². The second-order valence-corrected chi connectivity index (χ2v) is 6.51. The molecule has 0 saturated carbocycles. The lowest BCUT2D eigenvalue weighted by Crippen LogP contribution is -2.28. The number of rotatable bonds is 5. The molecule has 1 aromatic heterocycles. The highest BCUT2D eigenvalue weighted by molar-refractivity contribution is 5.78. The van der Waals surface area contributed by atoms with Gasteiger partial charge in [0.15, 0.2) is 5.76 Å². The van der Waals surface area contributed by atoms with Gasteiger partial charge in [0.2, 0.25) is 5.91 Å². The van der Waals surface area contributed by atoms with E-state index in [0.29, 0.717) is 23.9 Å². The van der Waals surface area contributed by atoms with Gasteiger partial charge in [0.25, 0.3) is 0 Å². The number of nitrogens with zero attached hydrogens (tertiary/aromatic N) is 1. The summed E-state index contributed by atoms with van der Waals surface area (Å²) in [7, 11) is 0. The number of aromatic nitrogens is 1. The minimum atomic E-state index is -0.0327. The van der Waals surface area contributed by atoms with E-state index in [0.717, 1.165) is 17.7 Å². The van der Waals surface area contributed by atoms with Gasteiger partial charge in [-0.2, -0.15) is 0 Å². The smallest absolute Gasteiger partial charge is 0.226 e. The zero-order chi connectivity index (χ0) is 16.4. The van der Waals surface area contributed by atoms with E-state index in [9.17, 15) is 4.79 Å². The first-order valence-corrected chi connectivity index (χ1v) is 8.03. The number of carbonyl (C=O) groups excluding carboxylic acids is 1. The van der Waals surface area contributed by atoms with Crippen LogP contribution in [-0.2, 0) is 17.6 Å². The molecule has 2 heterocycles. The molecule has 1 amide bonds. The van der Waals surface area contributed by atoms with Crippen molar-refractivity contribution in [1.29, 1.82) is 0 Å². The van der Waals surface area contributed by atoms with Gasteiger partial charge in [0.05, 0.1) is 12.1 Å². The Hall–Kier alpha value is -2.30. The number of amides is 1. The van der Waals surface area contributed by atoms with Crippen LogP contribution in [0.25, 0.3) is 11.3 Å². The highest BCUT2D eigenvalue weighted by Gasteiger charge is 2.20. The maximum Gasteiger partial charge on any atom is 0.226 e. The topological polar surface area (TPSA) is 64.4 Å². The van der Waals surface area contributed by atoms with Crippen molar-refractivity contribution in [2.24, 2.45) is 5.92 Å². The fourth-order valence-electron chi connectivity index (χ4n) is 2.65. The molecular formula is C18H22N2O3. The highest BCUT2D eigenvalue weighted by atomic mass is 16.5. The summed E-state index contributed by atoms with van der Waals surface area (Å²) >= 11 is 0. The van der Waals surface area contributed by atoms with Gasteiger partial charge in [0.1, 0.15) is 11.9 Å². The van der Waals surface area contributed by atoms with Gasteiger partial charge in [-0.3, -0.25) is 4.79 Å². The van der Waals surface area contributed by atoms with Gasteiger partial charge in [0, 0.05) is 24.6 Å². The molecule has 1 unspecified atom stereocenters. The summed E-state index contributed by atoms with van der Waals surface area (Å²) < 4.78 is 11.1. The summed E-state index contributed by atoms with van der Waals surface area (Å²) in [5, 5.41) is 6.88. The molecule has 1 aliphatic rings. The van der Waals surface area contributed by atoms with E-state index in [2.05, 4.69) is 37.3 Å². The Balaban J connectivity index is 1.68. The van der Waals surface area contributed by atoms with Gasteiger partial charge in [-0.15, -0.1) is 0 Å². The van der Waals surface area contributed by atoms with Crippen LogP contribution in [0.5, 0.6) is 5.75 Å². The first kappa shape index (κ1) is 15.6. The summed E-state index contributed by atoms with van der Waals surface area (Å²) in [6.45, 7) is 6.86. The van der Waals surface area contributed by atoms with Crippen LogP contribution in [-0.4, -0.2) is 23.7 Å². The third-order valence-electron chi connectivity index (χ3n) is 3.79. The minimum Gasteiger partial charge on any atom is -0.490 e. The Morgan fingerprint density at radius 3 is 3.00 bits per heavy atom. The molecule has 0 fully saturated rings. The second-order valence-electron chi connectivity index (χ2n) is 6.51. The monoisotopic (exact) mass is 314 g/mol. The zero-order valence-electron chi connectivity index (χ0n) is 13.8. The molecule has 2 aromatic rings. The summed E-state index contributed by atoms with van der Waals surface area (Å²) in [4.78, 5) is 11.8. The van der Waals surface area contributed by atoms with Crippen LogP contribution in [0.2, 0.25) is 0 Å². The molecule has 0 aliphatic carbocycles. The maximum absolute atomic E-state index is 11.8. The van der Waals surface area contributed by atoms with E-state index in [1.54, 1.807) is 0 Å². The van der Waals surface area contributed by atoms with Crippen LogP contribution in [0.15, 0.2) is 28.8 Å². The molecule has 1 atom stereocenters. The van der Waals surface area contributed by atoms with Crippen molar-refractivity contribution in [3.05, 3.63) is 35.5 Å². The molecule has 0 spiro atoms. The van der Waals surface area contributed by atoms with Crippen molar-refractivity contribution in [1.82, 2.24) is 10.5 Å². The lowest BCUT2D eigenvalue weighted by atomic mass is 10.1. The van der Waals surface area contributed by atoms with E-state index in [1.807, 2.05) is 18.2 Å². The standard InChI is InChI=1S/C18H22N2O3/c1-11(2)10-19-18(21)9-15-8-17(23-20-15)13-4-5-16-14(7-13)6-12(3)22-16/h4-5,7-8,11-12H,6,9-10H2,1-3H3,(H,19,21). The molecule has 3 rings (SSSR count). The van der Waals surface area contributed by atoms with Crippen molar-refractivity contribution in [2.45, 2.75) is 39.7 Å². The highest BCUT2D eigenvalue weighted by Crippen LogP contribution is 2.33. The fraction of sp³-hybridized carbons (Fsp3) is 0.444. The predicted molar refractivity (Wildman–Crippen MR) is 87.3 cm³/mol. The third kappa shape index (κ3) is 3.73. The van der Waals surface area contributed by atoms with Crippen LogP contribution in [0.1, 0.15) is 32.0 Å². The van der Waals surface area contributed by atoms with Crippen LogP contribution in [0, 0.1) is 5.92 Å². The van der Waals surface area contributed by atoms with Crippen molar-refractivity contribution in [3.63, 3.8) is 0 Å². The molecule has 5 nitrogen and oxygen atoms in total. The van der Waals surface area contributed by atoms with Crippen molar-refractivity contribution in [3.8, 4) is 17.1 Å². The Bertz CT molecular complexity index is 706. The second kappa shape index (κ2) is 6.44. The van der Waals surface area contributed by atoms with Gasteiger partial charge in [-0.1, -0.05) is 19.0 Å². The average Bonchev–Trinajstić information content (AvgIpc) is 3.09. The van der Waals surface area contributed by atoms with Crippen LogP contribution < -0.4 is 10.1 Å². The molecule has 23 heavy (non-hydrogen) atoms. The van der Waals surface area contributed by atoms with E-state index in [1.165, 1.54) is 5.56 Å². The number of ether oxygens (including phenoxy) is 1. The molecule has 5 heteroatoms. The maximum atomic E-state index is 11.8. The van der Waals surface area contributed by atoms with Crippen LogP contribution in [0.4, 0.5) is 0 Å². The molecule has 1 N–H and O–H groups in total. The van der Waals surface area contributed by atoms with Gasteiger partial charge < -0.3 is 14.6 Å². The number of carbonyl (C=O) groups is 1. The minimum absolute atomic E-state index is 0.0327. The normalized spacial score (nSPS) is 16.3. The summed E-state index contributed by atoms with van der Waals surface area (Å²) in [5.74, 6) is 2.02. The van der Waals surface area contributed by atoms with Crippen LogP contribution >= 0.6 is 0 Å². The van der Waals surface area contributed by atoms with Gasteiger partial charge >= 0.3 is 0 Å². The van der Waals surface area contributed by atoms with Crippen molar-refractivity contribution in [2.75, 3.05) is 6.54 Å². The number of benzene rings is 1. The van der Waals surface area contributed by atoms with Crippen molar-refractivity contribution >= 4 is 5.91 Å². The van der Waals surface area contributed by atoms with Crippen LogP contribution in [0.3, 0.4) is 0 Å². The quantitative estimate of drug-likeness (QED) is 0.921. The van der Waals surface area contributed by atoms with Crippen molar-refractivity contribution < 1.29 is 14.1 Å². The van der Waals surface area contributed by atoms with E-state index in [-0.39, 0.29) is 18.4 Å². The first-order valence-electron chi connectivity index (χ1n) is 8.03. The fourth-order valence-corrected chi connectivity index (χ4v) is 2.65. The zero-order valence-corrected chi connectivity index (χ0v) is 13.8. The molecule has 1 aliphatic heterocycles. The Kier molecular flexibility index (Phi) is 4.37. The third-order valence-corrected chi connectivity index (χ3v) is 3.79. The predicted octanol–water partition coefficient (Wildman–Crippen LogP) is 2.98. The number of hydrogen-bond donors (Lipinski definition) is 1. The average molecular weight is 314 g/mol. The van der Waals surface area contributed by atoms with Gasteiger partial charge in [-0.25, -0.2) is 0 Å². The summed E-state index contributed by atoms with van der Waals surface area (Å²) in [6.07, 6.45) is 1.36. The van der Waals surface area contributed by atoms with E-state index >= 15 is 0 Å². The summed E-state index contributed by atoms with van der Waals surface area (Å²) in [5.41, 5.74) is 2.79. The molecule has 0 saturated heterocycles. The molecular weight excluding hydrogens is 292 g/mol. The first-order chi connectivity index (χ1) is 11.0. The number of nitrogens with one attached hydrogen (secondary N) is 1. The van der Waals surface area contributed by atoms with E-state index < -0.39 is 0 Å². The number of hydrogen-bond acceptors (Lipinski definition) is 4. The summed E-state index contributed by atoms with van der Waals surface area (Å²) in [6, 6.07) is 7.82. The molecule has 122 valence electrons. The number of fused-ring (bicyclic) bond motifs is 1. The Labute approximate surface area is 136 Å².